The monoisotopic (exact) mass is 235 g/mol. The highest BCUT2D eigenvalue weighted by Gasteiger charge is 2.33. The van der Waals surface area contributed by atoms with E-state index >= 15 is 0 Å². The molecule has 0 saturated heterocycles. The van der Waals surface area contributed by atoms with Crippen molar-refractivity contribution in [2.24, 2.45) is 0 Å². The third-order valence-electron chi connectivity index (χ3n) is 3.14. The number of aliphatic hydroxyl groups is 1. The van der Waals surface area contributed by atoms with Gasteiger partial charge in [0.25, 0.3) is 0 Å². The molecule has 1 aliphatic carbocycles. The van der Waals surface area contributed by atoms with Gasteiger partial charge in [0, 0.05) is 12.6 Å². The van der Waals surface area contributed by atoms with E-state index in [2.05, 4.69) is 0 Å². The number of nitrogens with zero attached hydrogens (tertiary/aromatic N) is 1. The summed E-state index contributed by atoms with van der Waals surface area (Å²) in [6.45, 7) is 3.63. The largest absolute Gasteiger partial charge is 0.395 e. The normalized spacial score (nSPS) is 21.1. The molecule has 0 heterocycles. The summed E-state index contributed by atoms with van der Waals surface area (Å²) in [6.07, 6.45) is 4.16. The molecule has 1 unspecified atom stereocenters. The molecule has 0 spiro atoms. The lowest BCUT2D eigenvalue weighted by molar-refractivity contribution is 0.280. The summed E-state index contributed by atoms with van der Waals surface area (Å²) in [4.78, 5) is 0. The van der Waals surface area contributed by atoms with Crippen LogP contribution < -0.4 is 0 Å². The van der Waals surface area contributed by atoms with Crippen LogP contribution in [-0.2, 0) is 10.0 Å². The van der Waals surface area contributed by atoms with Crippen LogP contribution in [0.25, 0.3) is 0 Å². The first-order valence-corrected chi connectivity index (χ1v) is 7.15. The first kappa shape index (κ1) is 12.9. The quantitative estimate of drug-likeness (QED) is 0.772. The van der Waals surface area contributed by atoms with Crippen LogP contribution in [0, 0.1) is 0 Å². The van der Waals surface area contributed by atoms with Gasteiger partial charge in [0.2, 0.25) is 10.0 Å². The van der Waals surface area contributed by atoms with Crippen molar-refractivity contribution in [2.75, 3.05) is 13.2 Å². The fourth-order valence-corrected chi connectivity index (χ4v) is 3.80. The van der Waals surface area contributed by atoms with Gasteiger partial charge in [-0.1, -0.05) is 19.8 Å². The van der Waals surface area contributed by atoms with E-state index in [1.54, 1.807) is 11.2 Å². The van der Waals surface area contributed by atoms with E-state index < -0.39 is 15.3 Å². The number of hydrogen-bond donors (Lipinski definition) is 1. The third-order valence-corrected chi connectivity index (χ3v) is 5.51. The Morgan fingerprint density at radius 1 is 1.40 bits per heavy atom. The highest BCUT2D eigenvalue weighted by molar-refractivity contribution is 7.89. The Hall–Kier alpha value is -0.130. The fourth-order valence-electron chi connectivity index (χ4n) is 2.16. The maximum atomic E-state index is 12.0. The van der Waals surface area contributed by atoms with Crippen molar-refractivity contribution in [1.29, 1.82) is 0 Å². The van der Waals surface area contributed by atoms with Gasteiger partial charge in [-0.3, -0.25) is 0 Å². The topological polar surface area (TPSA) is 57.6 Å². The molecule has 0 amide bonds. The van der Waals surface area contributed by atoms with Crippen molar-refractivity contribution in [3.63, 3.8) is 0 Å². The number of hydrogen-bond acceptors (Lipinski definition) is 3. The summed E-state index contributed by atoms with van der Waals surface area (Å²) in [6, 6.07) is 0.161. The Balaban J connectivity index is 2.81. The predicted octanol–water partition coefficient (Wildman–Crippen LogP) is 0.962. The fraction of sp³-hybridized carbons (Fsp3) is 1.00. The van der Waals surface area contributed by atoms with Crippen LogP contribution >= 0.6 is 0 Å². The second-order valence-electron chi connectivity index (χ2n) is 4.18. The lowest BCUT2D eigenvalue weighted by atomic mass is 10.2. The Bertz CT molecular complexity index is 283. The summed E-state index contributed by atoms with van der Waals surface area (Å²) >= 11 is 0. The van der Waals surface area contributed by atoms with Crippen LogP contribution in [0.15, 0.2) is 0 Å². The number of rotatable bonds is 5. The van der Waals surface area contributed by atoms with Crippen LogP contribution in [0.5, 0.6) is 0 Å². The highest BCUT2D eigenvalue weighted by Crippen LogP contribution is 2.26. The van der Waals surface area contributed by atoms with Crippen molar-refractivity contribution < 1.29 is 13.5 Å². The molecular weight excluding hydrogens is 214 g/mol. The Labute approximate surface area is 92.3 Å². The first-order chi connectivity index (χ1) is 7.04. The van der Waals surface area contributed by atoms with Gasteiger partial charge in [-0.25, -0.2) is 8.42 Å². The molecule has 0 bridgehead atoms. The lowest BCUT2D eigenvalue weighted by Gasteiger charge is -2.29. The molecule has 5 heteroatoms. The van der Waals surface area contributed by atoms with E-state index in [4.69, 9.17) is 5.11 Å². The predicted molar refractivity (Wildman–Crippen MR) is 60.1 cm³/mol. The second-order valence-corrected chi connectivity index (χ2v) is 6.48. The summed E-state index contributed by atoms with van der Waals surface area (Å²) < 4.78 is 25.7. The van der Waals surface area contributed by atoms with Gasteiger partial charge in [0.1, 0.15) is 0 Å². The smallest absolute Gasteiger partial charge is 0.219 e. The minimum Gasteiger partial charge on any atom is -0.395 e. The van der Waals surface area contributed by atoms with Crippen LogP contribution in [0.3, 0.4) is 0 Å². The van der Waals surface area contributed by atoms with Gasteiger partial charge < -0.3 is 5.11 Å². The van der Waals surface area contributed by atoms with Crippen LogP contribution in [-0.4, -0.2) is 42.3 Å². The van der Waals surface area contributed by atoms with Crippen molar-refractivity contribution >= 4 is 10.0 Å². The molecule has 1 rings (SSSR count). The number of sulfonamides is 1. The molecule has 0 aromatic heterocycles. The standard InChI is InChI=1S/C10H21NO3S/c1-3-11(10-6-4-5-7-10)15(13,14)9(2)8-12/h9-10,12H,3-8H2,1-2H3. The summed E-state index contributed by atoms with van der Waals surface area (Å²) in [5, 5.41) is 8.27. The van der Waals surface area contributed by atoms with Crippen molar-refractivity contribution in [3.8, 4) is 0 Å². The van der Waals surface area contributed by atoms with Gasteiger partial charge in [0.05, 0.1) is 11.9 Å². The van der Waals surface area contributed by atoms with Crippen LogP contribution in [0.4, 0.5) is 0 Å². The average molecular weight is 235 g/mol. The average Bonchev–Trinajstić information content (AvgIpc) is 2.70. The first-order valence-electron chi connectivity index (χ1n) is 5.65. The lowest BCUT2D eigenvalue weighted by Crippen LogP contribution is -2.44. The minimum absolute atomic E-state index is 0.161. The molecule has 1 N–H and O–H groups in total. The molecule has 1 atom stereocenters. The molecule has 1 fully saturated rings. The Kier molecular flexibility index (Phi) is 4.55. The molecule has 0 aromatic carbocycles. The van der Waals surface area contributed by atoms with Crippen molar-refractivity contribution in [3.05, 3.63) is 0 Å². The zero-order valence-electron chi connectivity index (χ0n) is 9.52. The minimum atomic E-state index is -3.30. The molecule has 15 heavy (non-hydrogen) atoms. The summed E-state index contributed by atoms with van der Waals surface area (Å²) in [5.74, 6) is 0. The second kappa shape index (κ2) is 5.27. The van der Waals surface area contributed by atoms with E-state index in [0.717, 1.165) is 25.7 Å². The molecule has 90 valence electrons. The Morgan fingerprint density at radius 2 is 1.93 bits per heavy atom. The van der Waals surface area contributed by atoms with Gasteiger partial charge >= 0.3 is 0 Å². The summed E-state index contributed by atoms with van der Waals surface area (Å²) in [5.41, 5.74) is 0. The maximum Gasteiger partial charge on any atom is 0.219 e. The van der Waals surface area contributed by atoms with Crippen LogP contribution in [0.2, 0.25) is 0 Å². The molecule has 0 aromatic rings. The van der Waals surface area contributed by atoms with E-state index in [-0.39, 0.29) is 12.6 Å². The molecule has 4 nitrogen and oxygen atoms in total. The molecule has 0 aliphatic heterocycles. The maximum absolute atomic E-state index is 12.0. The SMILES string of the molecule is CCN(C1CCCC1)S(=O)(=O)C(C)CO. The van der Waals surface area contributed by atoms with Crippen molar-refractivity contribution in [1.82, 2.24) is 4.31 Å². The summed E-state index contributed by atoms with van der Waals surface area (Å²) in [7, 11) is -3.30. The van der Waals surface area contributed by atoms with E-state index in [1.807, 2.05) is 6.92 Å². The Morgan fingerprint density at radius 3 is 2.33 bits per heavy atom. The third kappa shape index (κ3) is 2.71. The highest BCUT2D eigenvalue weighted by atomic mass is 32.2. The van der Waals surface area contributed by atoms with Crippen molar-refractivity contribution in [2.45, 2.75) is 50.8 Å². The molecular formula is C10H21NO3S. The van der Waals surface area contributed by atoms with E-state index in [0.29, 0.717) is 6.54 Å². The molecule has 1 saturated carbocycles. The molecule has 0 radical (unpaired) electrons. The van der Waals surface area contributed by atoms with Crippen LogP contribution in [0.1, 0.15) is 39.5 Å². The zero-order valence-corrected chi connectivity index (χ0v) is 10.3. The number of aliphatic hydroxyl groups excluding tert-OH is 1. The zero-order chi connectivity index (χ0) is 11.5. The van der Waals surface area contributed by atoms with E-state index in [1.165, 1.54) is 0 Å². The molecule has 1 aliphatic rings. The van der Waals surface area contributed by atoms with Gasteiger partial charge in [-0.2, -0.15) is 4.31 Å². The van der Waals surface area contributed by atoms with Gasteiger partial charge in [-0.15, -0.1) is 0 Å². The van der Waals surface area contributed by atoms with E-state index in [9.17, 15) is 8.42 Å². The van der Waals surface area contributed by atoms with Gasteiger partial charge in [0.15, 0.2) is 0 Å². The van der Waals surface area contributed by atoms with Gasteiger partial charge in [-0.05, 0) is 19.8 Å².